The Morgan fingerprint density at radius 3 is 2.63 bits per heavy atom. The third-order valence-electron chi connectivity index (χ3n) is 4.08. The third-order valence-corrected chi connectivity index (χ3v) is 4.08. The summed E-state index contributed by atoms with van der Waals surface area (Å²) in [4.78, 5) is 12.4. The SMILES string of the molecule is CCCC1(C(=O)NCCCCCOC)CCNCC1. The van der Waals surface area contributed by atoms with E-state index in [1.165, 1.54) is 0 Å². The molecule has 0 radical (unpaired) electrons. The van der Waals surface area contributed by atoms with Crippen molar-refractivity contribution in [2.45, 2.75) is 51.9 Å². The van der Waals surface area contributed by atoms with Crippen molar-refractivity contribution in [1.82, 2.24) is 10.6 Å². The number of carbonyl (C=O) groups is 1. The van der Waals surface area contributed by atoms with E-state index in [0.29, 0.717) is 0 Å². The van der Waals surface area contributed by atoms with Gasteiger partial charge >= 0.3 is 0 Å². The molecule has 0 aliphatic carbocycles. The molecule has 1 aliphatic rings. The Morgan fingerprint density at radius 1 is 1.26 bits per heavy atom. The molecule has 1 saturated heterocycles. The molecule has 0 aromatic heterocycles. The van der Waals surface area contributed by atoms with Crippen LogP contribution >= 0.6 is 0 Å². The van der Waals surface area contributed by atoms with Crippen LogP contribution in [0.5, 0.6) is 0 Å². The first-order chi connectivity index (χ1) is 9.25. The topological polar surface area (TPSA) is 50.4 Å². The van der Waals surface area contributed by atoms with E-state index < -0.39 is 0 Å². The number of piperidine rings is 1. The van der Waals surface area contributed by atoms with Crippen molar-refractivity contribution in [3.8, 4) is 0 Å². The Morgan fingerprint density at radius 2 is 2.00 bits per heavy atom. The standard InChI is InChI=1S/C15H30N2O2/c1-3-7-15(8-11-16-12-9-15)14(18)17-10-5-4-6-13-19-2/h16H,3-13H2,1-2H3,(H,17,18). The van der Waals surface area contributed by atoms with Gasteiger partial charge in [-0.05, 0) is 51.6 Å². The van der Waals surface area contributed by atoms with Crippen LogP contribution in [0, 0.1) is 5.41 Å². The summed E-state index contributed by atoms with van der Waals surface area (Å²) in [6, 6.07) is 0. The number of methoxy groups -OCH3 is 1. The molecule has 4 nitrogen and oxygen atoms in total. The highest BCUT2D eigenvalue weighted by Gasteiger charge is 2.38. The molecule has 1 heterocycles. The Bertz CT molecular complexity index is 245. The zero-order chi connectivity index (χ0) is 14.0. The van der Waals surface area contributed by atoms with Crippen LogP contribution in [0.3, 0.4) is 0 Å². The number of unbranched alkanes of at least 4 members (excludes halogenated alkanes) is 2. The van der Waals surface area contributed by atoms with Gasteiger partial charge in [-0.3, -0.25) is 4.79 Å². The summed E-state index contributed by atoms with van der Waals surface area (Å²) in [5.74, 6) is 0.280. The van der Waals surface area contributed by atoms with Crippen molar-refractivity contribution >= 4 is 5.91 Å². The summed E-state index contributed by atoms with van der Waals surface area (Å²) < 4.78 is 5.02. The van der Waals surface area contributed by atoms with Crippen LogP contribution < -0.4 is 10.6 Å². The molecule has 112 valence electrons. The first-order valence-electron chi connectivity index (χ1n) is 7.73. The summed E-state index contributed by atoms with van der Waals surface area (Å²) in [5, 5.41) is 6.50. The lowest BCUT2D eigenvalue weighted by Gasteiger charge is -2.36. The van der Waals surface area contributed by atoms with Gasteiger partial charge in [-0.1, -0.05) is 13.3 Å². The van der Waals surface area contributed by atoms with Gasteiger partial charge in [0.15, 0.2) is 0 Å². The van der Waals surface area contributed by atoms with E-state index in [9.17, 15) is 4.79 Å². The van der Waals surface area contributed by atoms with Crippen molar-refractivity contribution in [3.05, 3.63) is 0 Å². The molecule has 4 heteroatoms. The minimum absolute atomic E-state index is 0.105. The summed E-state index contributed by atoms with van der Waals surface area (Å²) >= 11 is 0. The molecule has 0 saturated carbocycles. The Kier molecular flexibility index (Phi) is 8.07. The lowest BCUT2D eigenvalue weighted by molar-refractivity contribution is -0.133. The normalized spacial score (nSPS) is 18.2. The largest absolute Gasteiger partial charge is 0.385 e. The fraction of sp³-hybridized carbons (Fsp3) is 0.933. The maximum Gasteiger partial charge on any atom is 0.226 e. The first kappa shape index (κ1) is 16.4. The van der Waals surface area contributed by atoms with Gasteiger partial charge in [-0.15, -0.1) is 0 Å². The number of rotatable bonds is 9. The van der Waals surface area contributed by atoms with E-state index in [-0.39, 0.29) is 11.3 Å². The van der Waals surface area contributed by atoms with Gasteiger partial charge in [0.1, 0.15) is 0 Å². The maximum absolute atomic E-state index is 12.4. The third kappa shape index (κ3) is 5.49. The average molecular weight is 270 g/mol. The maximum atomic E-state index is 12.4. The van der Waals surface area contributed by atoms with Gasteiger partial charge < -0.3 is 15.4 Å². The second-order valence-electron chi connectivity index (χ2n) is 5.59. The zero-order valence-corrected chi connectivity index (χ0v) is 12.6. The Hall–Kier alpha value is -0.610. The van der Waals surface area contributed by atoms with Gasteiger partial charge in [-0.2, -0.15) is 0 Å². The van der Waals surface area contributed by atoms with Crippen LogP contribution in [0.4, 0.5) is 0 Å². The molecule has 0 aromatic rings. The number of hydrogen-bond donors (Lipinski definition) is 2. The van der Waals surface area contributed by atoms with Crippen molar-refractivity contribution in [1.29, 1.82) is 0 Å². The zero-order valence-electron chi connectivity index (χ0n) is 12.6. The number of hydrogen-bond acceptors (Lipinski definition) is 3. The number of nitrogens with one attached hydrogen (secondary N) is 2. The van der Waals surface area contributed by atoms with Crippen LogP contribution in [0.1, 0.15) is 51.9 Å². The molecular formula is C15H30N2O2. The minimum Gasteiger partial charge on any atom is -0.385 e. The minimum atomic E-state index is -0.105. The highest BCUT2D eigenvalue weighted by Crippen LogP contribution is 2.34. The molecule has 19 heavy (non-hydrogen) atoms. The summed E-state index contributed by atoms with van der Waals surface area (Å²) in [7, 11) is 1.73. The molecule has 1 fully saturated rings. The summed E-state index contributed by atoms with van der Waals surface area (Å²) in [6.07, 6.45) is 7.32. The van der Waals surface area contributed by atoms with E-state index in [4.69, 9.17) is 4.74 Å². The lowest BCUT2D eigenvalue weighted by atomic mass is 9.74. The summed E-state index contributed by atoms with van der Waals surface area (Å²) in [6.45, 7) is 5.74. The molecular weight excluding hydrogens is 240 g/mol. The summed E-state index contributed by atoms with van der Waals surface area (Å²) in [5.41, 5.74) is -0.105. The van der Waals surface area contributed by atoms with E-state index >= 15 is 0 Å². The van der Waals surface area contributed by atoms with Crippen LogP contribution in [0.15, 0.2) is 0 Å². The average Bonchev–Trinajstić information content (AvgIpc) is 2.44. The highest BCUT2D eigenvalue weighted by molar-refractivity contribution is 5.82. The Balaban J connectivity index is 2.28. The number of amides is 1. The molecule has 0 spiro atoms. The highest BCUT2D eigenvalue weighted by atomic mass is 16.5. The van der Waals surface area contributed by atoms with Gasteiger partial charge in [-0.25, -0.2) is 0 Å². The van der Waals surface area contributed by atoms with Crippen molar-refractivity contribution < 1.29 is 9.53 Å². The fourth-order valence-electron chi connectivity index (χ4n) is 2.91. The quantitative estimate of drug-likeness (QED) is 0.631. The second kappa shape index (κ2) is 9.32. The predicted molar refractivity (Wildman–Crippen MR) is 78.2 cm³/mol. The van der Waals surface area contributed by atoms with Crippen LogP contribution in [0.25, 0.3) is 0 Å². The molecule has 0 atom stereocenters. The van der Waals surface area contributed by atoms with Crippen LogP contribution in [-0.2, 0) is 9.53 Å². The van der Waals surface area contributed by atoms with E-state index in [2.05, 4.69) is 17.6 Å². The van der Waals surface area contributed by atoms with Crippen LogP contribution in [0.2, 0.25) is 0 Å². The molecule has 1 aliphatic heterocycles. The van der Waals surface area contributed by atoms with Crippen LogP contribution in [-0.4, -0.2) is 39.3 Å². The predicted octanol–water partition coefficient (Wildman–Crippen LogP) is 2.09. The van der Waals surface area contributed by atoms with Crippen molar-refractivity contribution in [3.63, 3.8) is 0 Å². The smallest absolute Gasteiger partial charge is 0.226 e. The number of ether oxygens (including phenoxy) is 1. The molecule has 2 N–H and O–H groups in total. The number of carbonyl (C=O) groups excluding carboxylic acids is 1. The molecule has 1 rings (SSSR count). The molecule has 0 bridgehead atoms. The molecule has 0 aromatic carbocycles. The second-order valence-corrected chi connectivity index (χ2v) is 5.59. The van der Waals surface area contributed by atoms with E-state index in [0.717, 1.165) is 71.2 Å². The van der Waals surface area contributed by atoms with E-state index in [1.807, 2.05) is 0 Å². The van der Waals surface area contributed by atoms with Gasteiger partial charge in [0, 0.05) is 20.3 Å². The van der Waals surface area contributed by atoms with Crippen molar-refractivity contribution in [2.75, 3.05) is 33.4 Å². The van der Waals surface area contributed by atoms with Crippen molar-refractivity contribution in [2.24, 2.45) is 5.41 Å². The lowest BCUT2D eigenvalue weighted by Crippen LogP contribution is -2.47. The Labute approximate surface area is 117 Å². The fourth-order valence-corrected chi connectivity index (χ4v) is 2.91. The van der Waals surface area contributed by atoms with Gasteiger partial charge in [0.2, 0.25) is 5.91 Å². The van der Waals surface area contributed by atoms with E-state index in [1.54, 1.807) is 7.11 Å². The monoisotopic (exact) mass is 270 g/mol. The first-order valence-corrected chi connectivity index (χ1v) is 7.73. The molecule has 0 unspecified atom stereocenters. The van der Waals surface area contributed by atoms with Gasteiger partial charge in [0.05, 0.1) is 5.41 Å². The molecule has 1 amide bonds. The van der Waals surface area contributed by atoms with Gasteiger partial charge in [0.25, 0.3) is 0 Å².